The van der Waals surface area contributed by atoms with E-state index in [9.17, 15) is 29.4 Å². The van der Waals surface area contributed by atoms with Gasteiger partial charge in [-0.25, -0.2) is 0 Å². The standard InChI is InChI=1S/C15H15O6P/c1-9(10-3-2-4-11(16)7-10)15(18)13-8-12(17)5-6-14(13)22(19,20)21/h2-9,16-17H,1H3,(H2,19,20,21). The predicted octanol–water partition coefficient (Wildman–Crippen LogP) is 1.89. The van der Waals surface area contributed by atoms with Crippen molar-refractivity contribution in [1.29, 1.82) is 0 Å². The Hall–Kier alpha value is -2.14. The van der Waals surface area contributed by atoms with Crippen LogP contribution in [0.15, 0.2) is 42.5 Å². The maximum absolute atomic E-state index is 12.5. The highest BCUT2D eigenvalue weighted by Gasteiger charge is 2.28. The van der Waals surface area contributed by atoms with Gasteiger partial charge in [0, 0.05) is 11.5 Å². The zero-order chi connectivity index (χ0) is 16.5. The first-order valence-electron chi connectivity index (χ1n) is 6.42. The smallest absolute Gasteiger partial charge is 0.356 e. The van der Waals surface area contributed by atoms with Gasteiger partial charge in [0.15, 0.2) is 5.78 Å². The number of rotatable bonds is 4. The number of ketones is 1. The molecule has 0 saturated heterocycles. The molecule has 2 aromatic rings. The Bertz CT molecular complexity index is 764. The first kappa shape index (κ1) is 16.2. The first-order chi connectivity index (χ1) is 10.2. The summed E-state index contributed by atoms with van der Waals surface area (Å²) in [5, 5.41) is 18.5. The van der Waals surface area contributed by atoms with E-state index in [2.05, 4.69) is 0 Å². The summed E-state index contributed by atoms with van der Waals surface area (Å²) in [7, 11) is -4.65. The number of aromatic hydroxyl groups is 2. The van der Waals surface area contributed by atoms with Crippen LogP contribution >= 0.6 is 7.60 Å². The lowest BCUT2D eigenvalue weighted by molar-refractivity contribution is 0.0966. The van der Waals surface area contributed by atoms with Crippen molar-refractivity contribution in [2.75, 3.05) is 0 Å². The van der Waals surface area contributed by atoms with E-state index in [1.54, 1.807) is 19.1 Å². The monoisotopic (exact) mass is 322 g/mol. The molecule has 1 atom stereocenters. The second-order valence-corrected chi connectivity index (χ2v) is 6.50. The largest absolute Gasteiger partial charge is 0.508 e. The molecule has 4 N–H and O–H groups in total. The Balaban J connectivity index is 2.49. The Morgan fingerprint density at radius 3 is 2.27 bits per heavy atom. The molecule has 2 aromatic carbocycles. The summed E-state index contributed by atoms with van der Waals surface area (Å²) in [6.45, 7) is 1.56. The number of Topliss-reactive ketones (excluding diaryl/α,β-unsaturated/α-hetero) is 1. The fourth-order valence-electron chi connectivity index (χ4n) is 2.15. The van der Waals surface area contributed by atoms with Gasteiger partial charge in [0.25, 0.3) is 0 Å². The normalized spacial score (nSPS) is 12.9. The third kappa shape index (κ3) is 3.36. The number of carbonyl (C=O) groups is 1. The zero-order valence-corrected chi connectivity index (χ0v) is 12.6. The van der Waals surface area contributed by atoms with Crippen molar-refractivity contribution in [3.05, 3.63) is 53.6 Å². The average molecular weight is 322 g/mol. The quantitative estimate of drug-likeness (QED) is 0.505. The van der Waals surface area contributed by atoms with Gasteiger partial charge in [-0.15, -0.1) is 0 Å². The fraction of sp³-hybridized carbons (Fsp3) is 0.133. The van der Waals surface area contributed by atoms with Gasteiger partial charge in [-0.05, 0) is 35.9 Å². The topological polar surface area (TPSA) is 115 Å². The third-order valence-corrected chi connectivity index (χ3v) is 4.34. The van der Waals surface area contributed by atoms with Crippen LogP contribution in [0.5, 0.6) is 11.5 Å². The molecule has 7 heteroatoms. The molecule has 0 aliphatic heterocycles. The van der Waals surface area contributed by atoms with E-state index in [0.717, 1.165) is 18.2 Å². The number of hydrogen-bond donors (Lipinski definition) is 4. The van der Waals surface area contributed by atoms with Crippen LogP contribution in [0.2, 0.25) is 0 Å². The summed E-state index contributed by atoms with van der Waals surface area (Å²) < 4.78 is 11.5. The van der Waals surface area contributed by atoms with E-state index in [1.165, 1.54) is 12.1 Å². The fourth-order valence-corrected chi connectivity index (χ4v) is 2.91. The molecule has 2 rings (SSSR count). The minimum atomic E-state index is -4.65. The van der Waals surface area contributed by atoms with Crippen LogP contribution in [-0.2, 0) is 4.57 Å². The number of hydrogen-bond acceptors (Lipinski definition) is 4. The summed E-state index contributed by atoms with van der Waals surface area (Å²) in [6, 6.07) is 9.25. The Morgan fingerprint density at radius 1 is 1.05 bits per heavy atom. The van der Waals surface area contributed by atoms with Gasteiger partial charge < -0.3 is 20.0 Å². The lowest BCUT2D eigenvalue weighted by Crippen LogP contribution is -2.20. The highest BCUT2D eigenvalue weighted by molar-refractivity contribution is 7.60. The molecule has 0 fully saturated rings. The zero-order valence-electron chi connectivity index (χ0n) is 11.7. The van der Waals surface area contributed by atoms with Crippen molar-refractivity contribution >= 4 is 18.7 Å². The molecule has 0 heterocycles. The van der Waals surface area contributed by atoms with Crippen molar-refractivity contribution < 1.29 is 29.4 Å². The van der Waals surface area contributed by atoms with Crippen molar-refractivity contribution in [2.24, 2.45) is 0 Å². The van der Waals surface area contributed by atoms with Crippen LogP contribution in [-0.4, -0.2) is 25.8 Å². The molecular formula is C15H15O6P. The second-order valence-electron chi connectivity index (χ2n) is 4.93. The summed E-state index contributed by atoms with van der Waals surface area (Å²) in [5.74, 6) is -1.56. The van der Waals surface area contributed by atoms with Gasteiger partial charge in [-0.2, -0.15) is 0 Å². The van der Waals surface area contributed by atoms with Crippen molar-refractivity contribution in [1.82, 2.24) is 0 Å². The number of phenolic OH excluding ortho intramolecular Hbond substituents is 2. The molecule has 0 aliphatic rings. The first-order valence-corrected chi connectivity index (χ1v) is 8.03. The summed E-state index contributed by atoms with van der Waals surface area (Å²) in [4.78, 5) is 31.2. The van der Waals surface area contributed by atoms with Gasteiger partial charge in [-0.1, -0.05) is 19.1 Å². The highest BCUT2D eigenvalue weighted by Crippen LogP contribution is 2.37. The minimum Gasteiger partial charge on any atom is -0.508 e. The van der Waals surface area contributed by atoms with Crippen molar-refractivity contribution in [3.8, 4) is 11.5 Å². The van der Waals surface area contributed by atoms with Gasteiger partial charge in [0.1, 0.15) is 11.5 Å². The SMILES string of the molecule is CC(C(=O)c1cc(O)ccc1P(=O)(O)O)c1cccc(O)c1. The molecule has 6 nitrogen and oxygen atoms in total. The molecule has 0 aromatic heterocycles. The van der Waals surface area contributed by atoms with Crippen molar-refractivity contribution in [2.45, 2.75) is 12.8 Å². The third-order valence-electron chi connectivity index (χ3n) is 3.32. The van der Waals surface area contributed by atoms with E-state index in [-0.39, 0.29) is 17.1 Å². The van der Waals surface area contributed by atoms with Crippen LogP contribution in [0.25, 0.3) is 0 Å². The van der Waals surface area contributed by atoms with Gasteiger partial charge in [0.2, 0.25) is 0 Å². The Morgan fingerprint density at radius 2 is 1.68 bits per heavy atom. The predicted molar refractivity (Wildman–Crippen MR) is 80.6 cm³/mol. The average Bonchev–Trinajstić information content (AvgIpc) is 2.44. The summed E-state index contributed by atoms with van der Waals surface area (Å²) in [6.07, 6.45) is 0. The molecule has 0 saturated carbocycles. The summed E-state index contributed by atoms with van der Waals surface area (Å²) in [5.41, 5.74) is 0.272. The van der Waals surface area contributed by atoms with Crippen LogP contribution in [0, 0.1) is 0 Å². The Kier molecular flexibility index (Phi) is 4.37. The van der Waals surface area contributed by atoms with E-state index in [4.69, 9.17) is 0 Å². The number of carbonyl (C=O) groups excluding carboxylic acids is 1. The molecule has 1 unspecified atom stereocenters. The lowest BCUT2D eigenvalue weighted by Gasteiger charge is -2.15. The van der Waals surface area contributed by atoms with E-state index in [1.807, 2.05) is 0 Å². The molecule has 0 bridgehead atoms. The maximum atomic E-state index is 12.5. The highest BCUT2D eigenvalue weighted by atomic mass is 31.2. The second kappa shape index (κ2) is 5.93. The molecule has 0 spiro atoms. The molecular weight excluding hydrogens is 307 g/mol. The molecule has 0 amide bonds. The lowest BCUT2D eigenvalue weighted by atomic mass is 9.92. The van der Waals surface area contributed by atoms with Gasteiger partial charge in [0.05, 0.1) is 5.30 Å². The van der Waals surface area contributed by atoms with E-state index >= 15 is 0 Å². The molecule has 22 heavy (non-hydrogen) atoms. The number of phenols is 2. The minimum absolute atomic E-state index is 0.0109. The van der Waals surface area contributed by atoms with Crippen LogP contribution < -0.4 is 5.30 Å². The molecule has 0 radical (unpaired) electrons. The van der Waals surface area contributed by atoms with Crippen molar-refractivity contribution in [3.63, 3.8) is 0 Å². The molecule has 0 aliphatic carbocycles. The van der Waals surface area contributed by atoms with Gasteiger partial charge >= 0.3 is 7.60 Å². The maximum Gasteiger partial charge on any atom is 0.356 e. The van der Waals surface area contributed by atoms with E-state index < -0.39 is 24.6 Å². The Labute approximate surface area is 126 Å². The van der Waals surface area contributed by atoms with Crippen LogP contribution in [0.4, 0.5) is 0 Å². The number of benzene rings is 2. The van der Waals surface area contributed by atoms with Gasteiger partial charge in [-0.3, -0.25) is 9.36 Å². The van der Waals surface area contributed by atoms with Crippen LogP contribution in [0.3, 0.4) is 0 Å². The van der Waals surface area contributed by atoms with E-state index in [0.29, 0.717) is 5.56 Å². The summed E-state index contributed by atoms with van der Waals surface area (Å²) >= 11 is 0. The van der Waals surface area contributed by atoms with Crippen LogP contribution in [0.1, 0.15) is 28.8 Å². The molecule has 116 valence electrons.